The van der Waals surface area contributed by atoms with Gasteiger partial charge in [-0.05, 0) is 43.4 Å². The summed E-state index contributed by atoms with van der Waals surface area (Å²) in [6.45, 7) is 7.32. The van der Waals surface area contributed by atoms with Crippen LogP contribution in [0.2, 0.25) is 0 Å². The van der Waals surface area contributed by atoms with Gasteiger partial charge in [0.25, 0.3) is 0 Å². The molecule has 1 aromatic carbocycles. The Kier molecular flexibility index (Phi) is 4.81. The van der Waals surface area contributed by atoms with Gasteiger partial charge in [-0.25, -0.2) is 4.39 Å². The van der Waals surface area contributed by atoms with Crippen LogP contribution in [0.15, 0.2) is 18.2 Å². The van der Waals surface area contributed by atoms with E-state index in [0.29, 0.717) is 23.8 Å². The summed E-state index contributed by atoms with van der Waals surface area (Å²) in [6.07, 6.45) is 2.50. The number of hydrogen-bond acceptors (Lipinski definition) is 2. The van der Waals surface area contributed by atoms with Gasteiger partial charge in [-0.3, -0.25) is 4.90 Å². The SMILES string of the molecule is COc1cccc(F)c1CN1CCC[C@@H](C(C)C)C1. The molecule has 1 aliphatic rings. The quantitative estimate of drug-likeness (QED) is 0.823. The van der Waals surface area contributed by atoms with Crippen LogP contribution in [-0.4, -0.2) is 25.1 Å². The minimum Gasteiger partial charge on any atom is -0.496 e. The Morgan fingerprint density at radius 1 is 1.42 bits per heavy atom. The van der Waals surface area contributed by atoms with Crippen molar-refractivity contribution in [1.82, 2.24) is 4.90 Å². The van der Waals surface area contributed by atoms with E-state index in [-0.39, 0.29) is 5.82 Å². The molecule has 0 aliphatic carbocycles. The van der Waals surface area contributed by atoms with Crippen molar-refractivity contribution < 1.29 is 9.13 Å². The Morgan fingerprint density at radius 2 is 2.21 bits per heavy atom. The lowest BCUT2D eigenvalue weighted by atomic mass is 9.88. The molecule has 0 radical (unpaired) electrons. The molecule has 106 valence electrons. The fourth-order valence-electron chi connectivity index (χ4n) is 2.89. The second kappa shape index (κ2) is 6.38. The highest BCUT2D eigenvalue weighted by Gasteiger charge is 2.23. The van der Waals surface area contributed by atoms with Gasteiger partial charge in [0.1, 0.15) is 11.6 Å². The summed E-state index contributed by atoms with van der Waals surface area (Å²) in [5.74, 6) is 1.93. The molecule has 0 aromatic heterocycles. The topological polar surface area (TPSA) is 12.5 Å². The Morgan fingerprint density at radius 3 is 2.89 bits per heavy atom. The molecule has 1 fully saturated rings. The Balaban J connectivity index is 2.08. The Hall–Kier alpha value is -1.09. The van der Waals surface area contributed by atoms with E-state index in [1.54, 1.807) is 13.2 Å². The molecule has 19 heavy (non-hydrogen) atoms. The fourth-order valence-corrected chi connectivity index (χ4v) is 2.89. The number of rotatable bonds is 4. The van der Waals surface area contributed by atoms with E-state index in [1.807, 2.05) is 6.07 Å². The molecular formula is C16H24FNO. The van der Waals surface area contributed by atoms with Crippen molar-refractivity contribution in [3.8, 4) is 5.75 Å². The standard InChI is InChI=1S/C16H24FNO/c1-12(2)13-6-5-9-18(10-13)11-14-15(17)7-4-8-16(14)19-3/h4,7-8,12-13H,5-6,9-11H2,1-3H3/t13-/m1/s1. The highest BCUT2D eigenvalue weighted by atomic mass is 19.1. The first kappa shape index (κ1) is 14.3. The minimum absolute atomic E-state index is 0.161. The normalized spacial score (nSPS) is 20.8. The lowest BCUT2D eigenvalue weighted by Gasteiger charge is -2.35. The molecule has 0 amide bonds. The first-order chi connectivity index (χ1) is 9.11. The van der Waals surface area contributed by atoms with E-state index < -0.39 is 0 Å². The molecular weight excluding hydrogens is 241 g/mol. The molecule has 0 spiro atoms. The summed E-state index contributed by atoms with van der Waals surface area (Å²) < 4.78 is 19.2. The Labute approximate surface area is 115 Å². The van der Waals surface area contributed by atoms with E-state index in [0.717, 1.165) is 19.0 Å². The predicted octanol–water partition coefficient (Wildman–Crippen LogP) is 3.70. The third kappa shape index (κ3) is 3.47. The van der Waals surface area contributed by atoms with Crippen LogP contribution in [0, 0.1) is 17.7 Å². The number of piperidine rings is 1. The summed E-state index contributed by atoms with van der Waals surface area (Å²) in [6, 6.07) is 5.05. The molecule has 0 saturated carbocycles. The van der Waals surface area contributed by atoms with E-state index in [1.165, 1.54) is 18.9 Å². The van der Waals surface area contributed by atoms with Crippen molar-refractivity contribution in [1.29, 1.82) is 0 Å². The van der Waals surface area contributed by atoms with Crippen LogP contribution in [0.3, 0.4) is 0 Å². The number of ether oxygens (including phenoxy) is 1. The van der Waals surface area contributed by atoms with Crippen molar-refractivity contribution in [3.63, 3.8) is 0 Å². The van der Waals surface area contributed by atoms with E-state index in [9.17, 15) is 4.39 Å². The zero-order chi connectivity index (χ0) is 13.8. The highest BCUT2D eigenvalue weighted by Crippen LogP contribution is 2.28. The molecule has 1 saturated heterocycles. The third-order valence-corrected chi connectivity index (χ3v) is 4.16. The maximum Gasteiger partial charge on any atom is 0.131 e. The maximum absolute atomic E-state index is 13.9. The molecule has 1 heterocycles. The van der Waals surface area contributed by atoms with Crippen molar-refractivity contribution in [2.45, 2.75) is 33.2 Å². The second-order valence-electron chi connectivity index (χ2n) is 5.80. The fraction of sp³-hybridized carbons (Fsp3) is 0.625. The smallest absolute Gasteiger partial charge is 0.131 e. The molecule has 3 heteroatoms. The van der Waals surface area contributed by atoms with Gasteiger partial charge in [-0.2, -0.15) is 0 Å². The lowest BCUT2D eigenvalue weighted by molar-refractivity contribution is 0.137. The lowest BCUT2D eigenvalue weighted by Crippen LogP contribution is -2.37. The monoisotopic (exact) mass is 265 g/mol. The zero-order valence-electron chi connectivity index (χ0n) is 12.2. The van der Waals surface area contributed by atoms with Crippen LogP contribution in [0.5, 0.6) is 5.75 Å². The summed E-state index contributed by atoms with van der Waals surface area (Å²) in [5.41, 5.74) is 0.689. The maximum atomic E-state index is 13.9. The molecule has 0 N–H and O–H groups in total. The first-order valence-electron chi connectivity index (χ1n) is 7.15. The van der Waals surface area contributed by atoms with Crippen LogP contribution >= 0.6 is 0 Å². The average Bonchev–Trinajstić information content (AvgIpc) is 2.41. The van der Waals surface area contributed by atoms with Gasteiger partial charge in [0.05, 0.1) is 7.11 Å². The van der Waals surface area contributed by atoms with Gasteiger partial charge in [0, 0.05) is 18.7 Å². The van der Waals surface area contributed by atoms with E-state index in [4.69, 9.17) is 4.74 Å². The predicted molar refractivity (Wildman–Crippen MR) is 75.8 cm³/mol. The summed E-state index contributed by atoms with van der Waals surface area (Å²) in [7, 11) is 1.60. The van der Waals surface area contributed by atoms with Crippen molar-refractivity contribution >= 4 is 0 Å². The van der Waals surface area contributed by atoms with Gasteiger partial charge >= 0.3 is 0 Å². The second-order valence-corrected chi connectivity index (χ2v) is 5.80. The number of benzene rings is 1. The average molecular weight is 265 g/mol. The van der Waals surface area contributed by atoms with Crippen LogP contribution in [0.25, 0.3) is 0 Å². The van der Waals surface area contributed by atoms with E-state index in [2.05, 4.69) is 18.7 Å². The van der Waals surface area contributed by atoms with Crippen LogP contribution in [0.1, 0.15) is 32.3 Å². The summed E-state index contributed by atoms with van der Waals surface area (Å²) >= 11 is 0. The number of methoxy groups -OCH3 is 1. The molecule has 0 unspecified atom stereocenters. The molecule has 2 nitrogen and oxygen atoms in total. The number of hydrogen-bond donors (Lipinski definition) is 0. The van der Waals surface area contributed by atoms with Crippen molar-refractivity contribution in [2.75, 3.05) is 20.2 Å². The van der Waals surface area contributed by atoms with Gasteiger partial charge in [0.2, 0.25) is 0 Å². The first-order valence-corrected chi connectivity index (χ1v) is 7.15. The van der Waals surface area contributed by atoms with E-state index >= 15 is 0 Å². The molecule has 1 atom stereocenters. The molecule has 1 aromatic rings. The van der Waals surface area contributed by atoms with Crippen LogP contribution < -0.4 is 4.74 Å². The molecule has 1 aliphatic heterocycles. The van der Waals surface area contributed by atoms with Crippen LogP contribution in [-0.2, 0) is 6.54 Å². The zero-order valence-corrected chi connectivity index (χ0v) is 12.2. The van der Waals surface area contributed by atoms with Gasteiger partial charge in [-0.15, -0.1) is 0 Å². The van der Waals surface area contributed by atoms with Gasteiger partial charge < -0.3 is 4.74 Å². The van der Waals surface area contributed by atoms with Crippen molar-refractivity contribution in [3.05, 3.63) is 29.6 Å². The number of nitrogens with zero attached hydrogens (tertiary/aromatic N) is 1. The number of likely N-dealkylation sites (tertiary alicyclic amines) is 1. The van der Waals surface area contributed by atoms with Gasteiger partial charge in [-0.1, -0.05) is 19.9 Å². The van der Waals surface area contributed by atoms with Gasteiger partial charge in [0.15, 0.2) is 0 Å². The van der Waals surface area contributed by atoms with Crippen LogP contribution in [0.4, 0.5) is 4.39 Å². The number of halogens is 1. The Bertz CT molecular complexity index is 419. The summed E-state index contributed by atoms with van der Waals surface area (Å²) in [4.78, 5) is 2.36. The molecule has 0 bridgehead atoms. The highest BCUT2D eigenvalue weighted by molar-refractivity contribution is 5.34. The third-order valence-electron chi connectivity index (χ3n) is 4.16. The molecule has 2 rings (SSSR count). The minimum atomic E-state index is -0.161. The van der Waals surface area contributed by atoms with Crippen molar-refractivity contribution in [2.24, 2.45) is 11.8 Å². The largest absolute Gasteiger partial charge is 0.496 e. The summed E-state index contributed by atoms with van der Waals surface area (Å²) in [5, 5.41) is 0.